The number of hydrogen-bond acceptors (Lipinski definition) is 6. The van der Waals surface area contributed by atoms with Crippen LogP contribution in [0.15, 0.2) is 6.99 Å². The van der Waals surface area contributed by atoms with Crippen LogP contribution in [0, 0.1) is 7.05 Å². The number of thioether (sulfide) groups is 1. The molecule has 19 heavy (non-hydrogen) atoms. The van der Waals surface area contributed by atoms with Crippen molar-refractivity contribution in [3.8, 4) is 0 Å². The van der Waals surface area contributed by atoms with Crippen LogP contribution in [0.2, 0.25) is 0 Å². The van der Waals surface area contributed by atoms with Gasteiger partial charge in [-0.25, -0.2) is 0 Å². The number of likely N-dealkylation sites (N-methyl/N-ethyl adjacent to an activating group) is 1. The number of hydrogen-bond donors (Lipinski definition) is 2. The molecule has 0 aromatic carbocycles. The van der Waals surface area contributed by atoms with Crippen molar-refractivity contribution in [2.75, 3.05) is 19.1 Å². The third kappa shape index (κ3) is 23.6. The molecule has 0 rings (SSSR count). The third-order valence-corrected chi connectivity index (χ3v) is 2.47. The molecule has 0 aliphatic heterocycles. The average Bonchev–Trinajstić information content (AvgIpc) is 2.37. The van der Waals surface area contributed by atoms with E-state index < -0.39 is 12.0 Å². The molecule has 110 valence electrons. The fourth-order valence-electron chi connectivity index (χ4n) is 0.584. The van der Waals surface area contributed by atoms with Crippen molar-refractivity contribution in [3.63, 3.8) is 0 Å². The molecule has 1 atom stereocenters. The Morgan fingerprint density at radius 1 is 1.53 bits per heavy atom. The van der Waals surface area contributed by atoms with E-state index in [1.54, 1.807) is 6.29 Å². The van der Waals surface area contributed by atoms with Crippen molar-refractivity contribution < 1.29 is 58.8 Å². The van der Waals surface area contributed by atoms with Gasteiger partial charge in [0.15, 0.2) is 0 Å². The van der Waals surface area contributed by atoms with E-state index in [0.717, 1.165) is 19.6 Å². The zero-order valence-corrected chi connectivity index (χ0v) is 17.2. The third-order valence-electron chi connectivity index (χ3n) is 1.33. The van der Waals surface area contributed by atoms with Crippen LogP contribution in [-0.4, -0.2) is 48.4 Å². The molecule has 0 aromatic rings. The summed E-state index contributed by atoms with van der Waals surface area (Å²) in [5, 5.41) is 11.0. The van der Waals surface area contributed by atoms with Gasteiger partial charge in [0.05, 0.1) is 0 Å². The number of carbonyl (C=O) groups excluding carboxylic acids is 2. The summed E-state index contributed by atoms with van der Waals surface area (Å²) in [6.07, 6.45) is 3.52. The van der Waals surface area contributed by atoms with Crippen LogP contribution in [0.3, 0.4) is 0 Å². The fraction of sp³-hybridized carbons (Fsp3) is 0.556. The van der Waals surface area contributed by atoms with E-state index in [1.807, 2.05) is 6.26 Å². The van der Waals surface area contributed by atoms with Gasteiger partial charge in [-0.3, -0.25) is 6.29 Å². The standard InChI is InChI=1S/C5H8N2O3.C3H5OS.CH2N.2W/c1-7-3(5(9)10)2-4(6)8;1-5-3-2-4;1-2;;/h3,7H,2H2,1H3,(H,9,10);3H2,1H3;1H2;;/q;2*-1;;. The maximum absolute atomic E-state index is 10.6. The number of carbonyl (C=O) groups is 2. The molecule has 10 heteroatoms. The van der Waals surface area contributed by atoms with Gasteiger partial charge in [0.2, 0.25) is 0 Å². The molecular weight excluding hydrogens is 614 g/mol. The Kier molecular flexibility index (Phi) is 25.9. The second-order valence-corrected chi connectivity index (χ2v) is 5.02. The molecule has 0 radical (unpaired) electrons. The van der Waals surface area contributed by atoms with Crippen LogP contribution < -0.4 is 5.32 Å². The van der Waals surface area contributed by atoms with E-state index in [0.29, 0.717) is 5.75 Å². The van der Waals surface area contributed by atoms with Gasteiger partial charge in [0.25, 0.3) is 0 Å². The van der Waals surface area contributed by atoms with Crippen LogP contribution in [0.1, 0.15) is 6.42 Å². The summed E-state index contributed by atoms with van der Waals surface area (Å²) < 4.78 is 6.73. The van der Waals surface area contributed by atoms with E-state index in [-0.39, 0.29) is 12.3 Å². The van der Waals surface area contributed by atoms with Crippen molar-refractivity contribution in [3.05, 3.63) is 7.05 Å². The maximum atomic E-state index is 10.6. The van der Waals surface area contributed by atoms with Crippen LogP contribution in [-0.2, 0) is 53.6 Å². The Labute approximate surface area is 139 Å². The van der Waals surface area contributed by atoms with Crippen LogP contribution in [0.25, 0.3) is 0 Å². The Morgan fingerprint density at radius 3 is 2.16 bits per heavy atom. The SMILES string of the molecule is CNC(CC(=O)[N]=[W])C(=O)O.CSC[C-]=O.[CH2-][N]=[W]. The first-order chi connectivity index (χ1) is 8.94. The Bertz CT molecular complexity index is 293. The fourth-order valence-corrected chi connectivity index (χ4v) is 0.969. The molecule has 0 fully saturated rings. The minimum atomic E-state index is -1.03. The Hall–Kier alpha value is 0.0966. The molecule has 1 amide bonds. The molecule has 0 heterocycles. The Morgan fingerprint density at radius 2 is 2.00 bits per heavy atom. The summed E-state index contributed by atoms with van der Waals surface area (Å²) in [7, 11) is 4.64. The molecule has 0 aliphatic carbocycles. The zero-order chi connectivity index (χ0) is 15.7. The molecule has 7 nitrogen and oxygen atoms in total. The van der Waals surface area contributed by atoms with Gasteiger partial charge >= 0.3 is 105 Å². The number of aliphatic carboxylic acids is 1. The van der Waals surface area contributed by atoms with Gasteiger partial charge < -0.3 is 4.79 Å². The van der Waals surface area contributed by atoms with Gasteiger partial charge in [-0.15, -0.1) is 5.75 Å². The van der Waals surface area contributed by atoms with Gasteiger partial charge in [-0.1, -0.05) is 0 Å². The van der Waals surface area contributed by atoms with Crippen molar-refractivity contribution >= 4 is 29.9 Å². The average molecular weight is 629 g/mol. The monoisotopic (exact) mass is 629 g/mol. The quantitative estimate of drug-likeness (QED) is 0.409. The van der Waals surface area contributed by atoms with E-state index in [4.69, 9.17) is 5.11 Å². The second kappa shape index (κ2) is 20.4. The van der Waals surface area contributed by atoms with E-state index in [1.165, 1.54) is 38.4 Å². The molecule has 0 saturated carbocycles. The van der Waals surface area contributed by atoms with Gasteiger partial charge in [0, 0.05) is 0 Å². The van der Waals surface area contributed by atoms with Crippen molar-refractivity contribution in [1.82, 2.24) is 5.32 Å². The number of nitrogens with one attached hydrogen (secondary N) is 1. The van der Waals surface area contributed by atoms with Crippen LogP contribution in [0.4, 0.5) is 0 Å². The van der Waals surface area contributed by atoms with Crippen molar-refractivity contribution in [2.24, 2.45) is 6.99 Å². The predicted octanol–water partition coefficient (Wildman–Crippen LogP) is 0.274. The summed E-state index contributed by atoms with van der Waals surface area (Å²) >= 11 is 3.46. The van der Waals surface area contributed by atoms with E-state index >= 15 is 0 Å². The predicted molar refractivity (Wildman–Crippen MR) is 64.4 cm³/mol. The molecule has 0 saturated heterocycles. The van der Waals surface area contributed by atoms with Crippen molar-refractivity contribution in [2.45, 2.75) is 12.5 Å². The first-order valence-electron chi connectivity index (χ1n) is 4.63. The first-order valence-corrected chi connectivity index (χ1v) is 8.65. The second-order valence-electron chi connectivity index (χ2n) is 2.58. The van der Waals surface area contributed by atoms with Gasteiger partial charge in [0.1, 0.15) is 0 Å². The van der Waals surface area contributed by atoms with Crippen molar-refractivity contribution in [1.29, 1.82) is 0 Å². The molecule has 2 N–H and O–H groups in total. The summed E-state index contributed by atoms with van der Waals surface area (Å²) in [5.74, 6) is -0.902. The topological polar surface area (TPSA) is 108 Å². The number of carboxylic acid groups (broad SMARTS) is 1. The Balaban J connectivity index is -0.000000266. The summed E-state index contributed by atoms with van der Waals surface area (Å²) in [6, 6.07) is -0.814. The summed E-state index contributed by atoms with van der Waals surface area (Å²) in [5.41, 5.74) is 0. The molecular formula is C9H15N3O4SW2-2. The molecule has 1 unspecified atom stereocenters. The summed E-state index contributed by atoms with van der Waals surface area (Å²) in [4.78, 5) is 30.2. The number of amides is 1. The molecule has 0 aromatic heterocycles. The van der Waals surface area contributed by atoms with Gasteiger partial charge in [-0.2, -0.15) is 11.8 Å². The minimum absolute atomic E-state index is 0.0741. The van der Waals surface area contributed by atoms with Crippen LogP contribution >= 0.6 is 11.8 Å². The number of rotatable bonds is 6. The molecule has 0 spiro atoms. The normalized spacial score (nSPS) is 9.63. The first kappa shape index (κ1) is 24.1. The molecule has 0 bridgehead atoms. The van der Waals surface area contributed by atoms with Gasteiger partial charge in [-0.05, 0) is 6.26 Å². The van der Waals surface area contributed by atoms with E-state index in [9.17, 15) is 14.4 Å². The number of carboxylic acids is 1. The summed E-state index contributed by atoms with van der Waals surface area (Å²) in [6.45, 7) is 0. The zero-order valence-electron chi connectivity index (χ0n) is 10.5. The van der Waals surface area contributed by atoms with E-state index in [2.05, 4.69) is 19.4 Å². The number of nitrogens with zero attached hydrogens (tertiary/aromatic N) is 2. The van der Waals surface area contributed by atoms with Crippen LogP contribution in [0.5, 0.6) is 0 Å². The molecule has 0 aliphatic rings.